The molecule has 0 aromatic carbocycles. The Morgan fingerprint density at radius 2 is 2.00 bits per heavy atom. The molecule has 4 fully saturated rings. The number of fused-ring (bicyclic) bond motifs is 2. The van der Waals surface area contributed by atoms with Gasteiger partial charge in [0, 0.05) is 51.3 Å². The molecule has 2 aliphatic carbocycles. The first-order valence-electron chi connectivity index (χ1n) is 12.2. The Labute approximate surface area is 204 Å². The minimum Gasteiger partial charge on any atom is -0.469 e. The number of nitrogens with one attached hydrogen (secondary N) is 2. The average Bonchev–Trinajstić information content (AvgIpc) is 3.56. The van der Waals surface area contributed by atoms with Crippen molar-refractivity contribution in [3.05, 3.63) is 24.2 Å². The summed E-state index contributed by atoms with van der Waals surface area (Å²) in [5, 5.41) is 7.62. The lowest BCUT2D eigenvalue weighted by molar-refractivity contribution is 0.150. The molecule has 3 heterocycles. The molecule has 7 heteroatoms. The second-order valence-electron chi connectivity index (χ2n) is 9.93. The summed E-state index contributed by atoms with van der Waals surface area (Å²) in [6, 6.07) is 5.13. The number of nitrogens with zero attached hydrogens (tertiary/aromatic N) is 2. The van der Waals surface area contributed by atoms with Crippen LogP contribution in [0.2, 0.25) is 0 Å². The maximum atomic E-state index is 5.55. The van der Waals surface area contributed by atoms with Crippen LogP contribution >= 0.6 is 24.0 Å². The molecule has 0 radical (unpaired) electrons. The van der Waals surface area contributed by atoms with Crippen molar-refractivity contribution in [2.24, 2.45) is 22.7 Å². The van der Waals surface area contributed by atoms with E-state index in [0.29, 0.717) is 12.1 Å². The van der Waals surface area contributed by atoms with Gasteiger partial charge in [0.15, 0.2) is 5.96 Å². The van der Waals surface area contributed by atoms with Crippen LogP contribution in [0.1, 0.15) is 50.7 Å². The van der Waals surface area contributed by atoms with Crippen molar-refractivity contribution >= 4 is 29.9 Å². The van der Waals surface area contributed by atoms with Gasteiger partial charge in [0.25, 0.3) is 0 Å². The predicted molar refractivity (Wildman–Crippen MR) is 134 cm³/mol. The number of hydrogen-bond donors (Lipinski definition) is 2. The Hall–Kier alpha value is -0.800. The number of halogens is 1. The van der Waals surface area contributed by atoms with Crippen molar-refractivity contribution in [2.45, 2.75) is 63.5 Å². The molecule has 2 saturated heterocycles. The minimum absolute atomic E-state index is 0. The monoisotopic (exact) mass is 542 g/mol. The average molecular weight is 543 g/mol. The van der Waals surface area contributed by atoms with Gasteiger partial charge in [0.1, 0.15) is 5.76 Å². The fraction of sp³-hybridized carbons (Fsp3) is 0.792. The zero-order chi connectivity index (χ0) is 20.2. The van der Waals surface area contributed by atoms with Crippen molar-refractivity contribution in [2.75, 3.05) is 39.4 Å². The van der Waals surface area contributed by atoms with Crippen LogP contribution in [0.4, 0.5) is 0 Å². The Kier molecular flexibility index (Phi) is 8.57. The van der Waals surface area contributed by atoms with Gasteiger partial charge in [0.2, 0.25) is 0 Å². The second kappa shape index (κ2) is 11.4. The number of furan rings is 1. The molecule has 1 aromatic rings. The predicted octanol–water partition coefficient (Wildman–Crippen LogP) is 3.66. The molecule has 31 heavy (non-hydrogen) atoms. The van der Waals surface area contributed by atoms with Crippen molar-refractivity contribution in [1.29, 1.82) is 0 Å². The van der Waals surface area contributed by atoms with Crippen LogP contribution in [0.5, 0.6) is 0 Å². The number of piperidine rings is 1. The van der Waals surface area contributed by atoms with E-state index in [1.165, 1.54) is 64.6 Å². The molecule has 1 aromatic heterocycles. The van der Waals surface area contributed by atoms with Gasteiger partial charge in [-0.15, -0.1) is 24.0 Å². The molecule has 0 spiro atoms. The topological polar surface area (TPSA) is 62.0 Å². The van der Waals surface area contributed by atoms with E-state index in [4.69, 9.17) is 14.1 Å². The van der Waals surface area contributed by atoms with E-state index in [1.54, 1.807) is 6.26 Å². The summed E-state index contributed by atoms with van der Waals surface area (Å²) in [7, 11) is 0. The molecular weight excluding hydrogens is 503 g/mol. The molecule has 6 nitrogen and oxygen atoms in total. The van der Waals surface area contributed by atoms with Crippen molar-refractivity contribution in [3.63, 3.8) is 0 Å². The Morgan fingerprint density at radius 1 is 1.10 bits per heavy atom. The number of hydrogen-bond acceptors (Lipinski definition) is 4. The Balaban J connectivity index is 0.00000231. The first-order valence-corrected chi connectivity index (χ1v) is 12.2. The number of aliphatic imine (C=N–C) groups is 1. The standard InChI is InChI=1S/C24H38N4O2.HI/c1-2-22(30-12-1)5-9-25-24(27-23-15-18-3-4-20(23)14-18)26-21-6-10-28(11-7-21)16-19-8-13-29-17-19;/h1-2,12,18-21,23H,3-11,13-17H2,(H2,25,26,27);1H. The van der Waals surface area contributed by atoms with Gasteiger partial charge in [-0.1, -0.05) is 6.42 Å². The van der Waals surface area contributed by atoms with E-state index >= 15 is 0 Å². The molecular formula is C24H39IN4O2. The number of guanidine groups is 1. The van der Waals surface area contributed by atoms with Crippen LogP contribution in [-0.4, -0.2) is 62.3 Å². The zero-order valence-electron chi connectivity index (χ0n) is 18.6. The van der Waals surface area contributed by atoms with Crippen LogP contribution < -0.4 is 10.6 Å². The van der Waals surface area contributed by atoms with Gasteiger partial charge in [-0.2, -0.15) is 0 Å². The van der Waals surface area contributed by atoms with E-state index in [-0.39, 0.29) is 24.0 Å². The summed E-state index contributed by atoms with van der Waals surface area (Å²) in [6.07, 6.45) is 11.8. The lowest BCUT2D eigenvalue weighted by atomic mass is 9.95. The van der Waals surface area contributed by atoms with E-state index < -0.39 is 0 Å². The number of ether oxygens (including phenoxy) is 1. The Bertz CT molecular complexity index is 684. The zero-order valence-corrected chi connectivity index (χ0v) is 21.0. The quantitative estimate of drug-likeness (QED) is 0.313. The summed E-state index contributed by atoms with van der Waals surface area (Å²) < 4.78 is 11.0. The summed E-state index contributed by atoms with van der Waals surface area (Å²) >= 11 is 0. The van der Waals surface area contributed by atoms with Crippen LogP contribution in [0.15, 0.2) is 27.8 Å². The summed E-state index contributed by atoms with van der Waals surface area (Å²) in [5.41, 5.74) is 0. The number of rotatable bonds is 7. The van der Waals surface area contributed by atoms with Gasteiger partial charge >= 0.3 is 0 Å². The molecule has 2 saturated carbocycles. The van der Waals surface area contributed by atoms with Crippen molar-refractivity contribution in [3.8, 4) is 0 Å². The van der Waals surface area contributed by atoms with E-state index in [9.17, 15) is 0 Å². The Morgan fingerprint density at radius 3 is 2.68 bits per heavy atom. The molecule has 0 amide bonds. The van der Waals surface area contributed by atoms with Gasteiger partial charge in [-0.05, 0) is 68.4 Å². The highest BCUT2D eigenvalue weighted by atomic mass is 127. The summed E-state index contributed by atoms with van der Waals surface area (Å²) in [5.74, 6) is 4.58. The fourth-order valence-corrected chi connectivity index (χ4v) is 6.01. The van der Waals surface area contributed by atoms with Crippen LogP contribution in [-0.2, 0) is 11.2 Å². The SMILES string of the molecule is I.c1coc(CCN=C(NC2CCN(CC3CCOC3)CC2)NC2CC3CCC2C3)c1. The fourth-order valence-electron chi connectivity index (χ4n) is 6.01. The van der Waals surface area contributed by atoms with Crippen LogP contribution in [0, 0.1) is 17.8 Å². The highest BCUT2D eigenvalue weighted by Crippen LogP contribution is 2.44. The maximum absolute atomic E-state index is 5.55. The van der Waals surface area contributed by atoms with Crippen molar-refractivity contribution < 1.29 is 9.15 Å². The third-order valence-electron chi connectivity index (χ3n) is 7.74. The largest absolute Gasteiger partial charge is 0.469 e. The maximum Gasteiger partial charge on any atom is 0.191 e. The third-order valence-corrected chi connectivity index (χ3v) is 7.74. The minimum atomic E-state index is 0. The van der Waals surface area contributed by atoms with Gasteiger partial charge in [-0.3, -0.25) is 4.99 Å². The molecule has 4 unspecified atom stereocenters. The van der Waals surface area contributed by atoms with E-state index in [2.05, 4.69) is 15.5 Å². The highest BCUT2D eigenvalue weighted by Gasteiger charge is 2.40. The lowest BCUT2D eigenvalue weighted by Gasteiger charge is -2.35. The van der Waals surface area contributed by atoms with Gasteiger partial charge < -0.3 is 24.7 Å². The molecule has 2 aliphatic heterocycles. The van der Waals surface area contributed by atoms with Crippen LogP contribution in [0.25, 0.3) is 0 Å². The summed E-state index contributed by atoms with van der Waals surface area (Å²) in [6.45, 7) is 6.25. The first-order chi connectivity index (χ1) is 14.8. The highest BCUT2D eigenvalue weighted by molar-refractivity contribution is 14.0. The number of likely N-dealkylation sites (tertiary alicyclic amines) is 1. The smallest absolute Gasteiger partial charge is 0.191 e. The molecule has 5 rings (SSSR count). The molecule has 4 atom stereocenters. The summed E-state index contributed by atoms with van der Waals surface area (Å²) in [4.78, 5) is 7.58. The normalized spacial score (nSPS) is 31.7. The van der Waals surface area contributed by atoms with E-state index in [1.807, 2.05) is 12.1 Å². The van der Waals surface area contributed by atoms with Crippen molar-refractivity contribution in [1.82, 2.24) is 15.5 Å². The van der Waals surface area contributed by atoms with Crippen LogP contribution in [0.3, 0.4) is 0 Å². The lowest BCUT2D eigenvalue weighted by Crippen LogP contribution is -2.52. The van der Waals surface area contributed by atoms with Gasteiger partial charge in [-0.25, -0.2) is 0 Å². The molecule has 2 N–H and O–H groups in total. The third kappa shape index (κ3) is 6.38. The second-order valence-corrected chi connectivity index (χ2v) is 9.93. The molecule has 174 valence electrons. The van der Waals surface area contributed by atoms with E-state index in [0.717, 1.165) is 55.7 Å². The van der Waals surface area contributed by atoms with Gasteiger partial charge in [0.05, 0.1) is 12.9 Å². The first kappa shape index (κ1) is 23.4. The molecule has 2 bridgehead atoms. The molecule has 4 aliphatic rings.